The molecule has 0 unspecified atom stereocenters. The van der Waals surface area contributed by atoms with E-state index in [1.807, 2.05) is 12.1 Å². The Morgan fingerprint density at radius 3 is 2.19 bits per heavy atom. The van der Waals surface area contributed by atoms with Gasteiger partial charge in [-0.25, -0.2) is 5.01 Å². The van der Waals surface area contributed by atoms with Crippen molar-refractivity contribution in [2.24, 2.45) is 5.10 Å². The fraction of sp³-hybridized carbons (Fsp3) is 0.382. The molecule has 3 aromatic rings. The minimum Gasteiger partial charge on any atom is -0.497 e. The number of halogens is 3. The summed E-state index contributed by atoms with van der Waals surface area (Å²) in [4.78, 5) is 31.4. The van der Waals surface area contributed by atoms with Gasteiger partial charge in [-0.05, 0) is 72.3 Å². The number of methoxy groups -OCH3 is 3. The van der Waals surface area contributed by atoms with Gasteiger partial charge in [-0.1, -0.05) is 0 Å². The lowest BCUT2D eigenvalue weighted by molar-refractivity contribution is -0.137. The quantitative estimate of drug-likeness (QED) is 0.291. The van der Waals surface area contributed by atoms with Crippen LogP contribution in [0.2, 0.25) is 0 Å². The highest BCUT2D eigenvalue weighted by Crippen LogP contribution is 2.39. The molecule has 3 aromatic carbocycles. The molecule has 0 saturated carbocycles. The third-order valence-electron chi connectivity index (χ3n) is 8.25. The minimum atomic E-state index is -4.54. The van der Waals surface area contributed by atoms with Crippen molar-refractivity contribution in [1.29, 1.82) is 0 Å². The van der Waals surface area contributed by atoms with Gasteiger partial charge in [-0.2, -0.15) is 18.3 Å². The van der Waals surface area contributed by atoms with Crippen LogP contribution in [0.5, 0.6) is 17.2 Å². The molecule has 2 heterocycles. The molecule has 0 aromatic heterocycles. The van der Waals surface area contributed by atoms with Crippen molar-refractivity contribution < 1.29 is 41.7 Å². The first kappa shape index (κ1) is 33.7. The van der Waals surface area contributed by atoms with Crippen LogP contribution < -0.4 is 14.2 Å². The SMILES string of the molecule is COc1ccc(C2=NN(C(=O)CN(CCN3CCOCC3)C(=O)c3ccc(C(F)(F)F)cc3)[C@H](c3cc(OC)ccc3OC)C2)cc1. The summed E-state index contributed by atoms with van der Waals surface area (Å²) in [6.07, 6.45) is -4.19. The zero-order valence-corrected chi connectivity index (χ0v) is 26.5. The van der Waals surface area contributed by atoms with Crippen LogP contribution in [0, 0.1) is 0 Å². The van der Waals surface area contributed by atoms with E-state index in [1.54, 1.807) is 44.6 Å². The predicted octanol–water partition coefficient (Wildman–Crippen LogP) is 4.88. The summed E-state index contributed by atoms with van der Waals surface area (Å²) in [5.74, 6) is 0.740. The molecule has 0 bridgehead atoms. The molecule has 0 radical (unpaired) electrons. The van der Waals surface area contributed by atoms with E-state index in [1.165, 1.54) is 17.0 Å². The molecule has 250 valence electrons. The van der Waals surface area contributed by atoms with Gasteiger partial charge in [0.15, 0.2) is 0 Å². The highest BCUT2D eigenvalue weighted by Gasteiger charge is 2.37. The number of alkyl halides is 3. The number of hydrogen-bond acceptors (Lipinski definition) is 8. The van der Waals surface area contributed by atoms with Gasteiger partial charge in [0.25, 0.3) is 11.8 Å². The molecule has 1 atom stereocenters. The second-order valence-corrected chi connectivity index (χ2v) is 11.1. The molecule has 47 heavy (non-hydrogen) atoms. The molecular weight excluding hydrogens is 617 g/mol. The molecule has 0 aliphatic carbocycles. The van der Waals surface area contributed by atoms with Crippen molar-refractivity contribution in [3.63, 3.8) is 0 Å². The lowest BCUT2D eigenvalue weighted by atomic mass is 9.97. The fourth-order valence-electron chi connectivity index (χ4n) is 5.60. The van der Waals surface area contributed by atoms with E-state index in [0.717, 1.165) is 29.8 Å². The smallest absolute Gasteiger partial charge is 0.416 e. The van der Waals surface area contributed by atoms with Gasteiger partial charge in [0.05, 0.1) is 51.9 Å². The van der Waals surface area contributed by atoms with Gasteiger partial charge < -0.3 is 23.8 Å². The molecule has 1 saturated heterocycles. The lowest BCUT2D eigenvalue weighted by Gasteiger charge is -2.31. The first-order valence-corrected chi connectivity index (χ1v) is 15.1. The molecule has 0 spiro atoms. The van der Waals surface area contributed by atoms with Gasteiger partial charge in [-0.15, -0.1) is 0 Å². The Hall–Kier alpha value is -4.62. The number of hydrogen-bond donors (Lipinski definition) is 0. The Morgan fingerprint density at radius 2 is 1.57 bits per heavy atom. The van der Waals surface area contributed by atoms with Crippen molar-refractivity contribution in [3.05, 3.63) is 89.0 Å². The maximum Gasteiger partial charge on any atom is 0.416 e. The van der Waals surface area contributed by atoms with Crippen LogP contribution in [0.3, 0.4) is 0 Å². The second kappa shape index (κ2) is 14.9. The first-order valence-electron chi connectivity index (χ1n) is 15.1. The number of rotatable bonds is 11. The van der Waals surface area contributed by atoms with E-state index >= 15 is 0 Å². The molecule has 10 nitrogen and oxygen atoms in total. The maximum absolute atomic E-state index is 14.2. The normalized spacial score (nSPS) is 16.9. The lowest BCUT2D eigenvalue weighted by Crippen LogP contribution is -2.46. The number of carbonyl (C=O) groups excluding carboxylic acids is 2. The van der Waals surface area contributed by atoms with Gasteiger partial charge in [0.1, 0.15) is 23.8 Å². The minimum absolute atomic E-state index is 0.0441. The maximum atomic E-state index is 14.2. The van der Waals surface area contributed by atoms with Crippen LogP contribution in [0.1, 0.15) is 39.5 Å². The second-order valence-electron chi connectivity index (χ2n) is 11.1. The zero-order chi connectivity index (χ0) is 33.6. The van der Waals surface area contributed by atoms with E-state index in [-0.39, 0.29) is 18.7 Å². The van der Waals surface area contributed by atoms with Crippen LogP contribution in [0.15, 0.2) is 71.8 Å². The number of hydrazone groups is 1. The Kier molecular flexibility index (Phi) is 10.7. The summed E-state index contributed by atoms with van der Waals surface area (Å²) in [6, 6.07) is 16.0. The average Bonchev–Trinajstić information content (AvgIpc) is 3.55. The predicted molar refractivity (Wildman–Crippen MR) is 168 cm³/mol. The van der Waals surface area contributed by atoms with Crippen molar-refractivity contribution in [1.82, 2.24) is 14.8 Å². The molecule has 5 rings (SSSR count). The Bertz CT molecular complexity index is 1570. The Morgan fingerprint density at radius 1 is 0.915 bits per heavy atom. The number of benzene rings is 3. The van der Waals surface area contributed by atoms with Crippen LogP contribution in [-0.4, -0.2) is 99.6 Å². The van der Waals surface area contributed by atoms with E-state index in [2.05, 4.69) is 4.90 Å². The highest BCUT2D eigenvalue weighted by molar-refractivity contribution is 6.04. The van der Waals surface area contributed by atoms with Crippen LogP contribution >= 0.6 is 0 Å². The standard InChI is InChI=1S/C34H37F3N4O6/c1-44-26-10-6-23(7-11-26)29-21-30(28-20-27(45-2)12-13-31(28)46-3)41(38-29)32(42)22-40(15-14-39-16-18-47-19-17-39)33(43)24-4-8-25(9-5-24)34(35,36)37/h4-13,20,30H,14-19,21-22H2,1-3H3/t30-/m0/s1. The number of ether oxygens (including phenoxy) is 4. The summed E-state index contributed by atoms with van der Waals surface area (Å²) < 4.78 is 61.5. The number of amides is 2. The van der Waals surface area contributed by atoms with E-state index in [9.17, 15) is 22.8 Å². The highest BCUT2D eigenvalue weighted by atomic mass is 19.4. The average molecular weight is 655 g/mol. The van der Waals surface area contributed by atoms with E-state index < -0.39 is 29.6 Å². The van der Waals surface area contributed by atoms with Crippen molar-refractivity contribution in [2.45, 2.75) is 18.6 Å². The largest absolute Gasteiger partial charge is 0.497 e. The molecule has 2 aliphatic heterocycles. The van der Waals surface area contributed by atoms with Gasteiger partial charge >= 0.3 is 6.18 Å². The topological polar surface area (TPSA) is 93.1 Å². The van der Waals surface area contributed by atoms with Crippen LogP contribution in [-0.2, 0) is 15.7 Å². The molecule has 2 aliphatic rings. The summed E-state index contributed by atoms with van der Waals surface area (Å²) in [5, 5.41) is 6.11. The first-order chi connectivity index (χ1) is 22.6. The van der Waals surface area contributed by atoms with Gasteiger partial charge in [0, 0.05) is 43.7 Å². The summed E-state index contributed by atoms with van der Waals surface area (Å²) >= 11 is 0. The Balaban J connectivity index is 1.46. The summed E-state index contributed by atoms with van der Waals surface area (Å²) in [6.45, 7) is 2.69. The van der Waals surface area contributed by atoms with Gasteiger partial charge in [0.2, 0.25) is 0 Å². The number of nitrogens with zero attached hydrogens (tertiary/aromatic N) is 4. The molecular formula is C34H37F3N4O6. The fourth-order valence-corrected chi connectivity index (χ4v) is 5.60. The van der Waals surface area contributed by atoms with Crippen molar-refractivity contribution in [3.8, 4) is 17.2 Å². The molecule has 1 fully saturated rings. The third kappa shape index (κ3) is 8.03. The third-order valence-corrected chi connectivity index (χ3v) is 8.25. The number of morpholine rings is 1. The van der Waals surface area contributed by atoms with Crippen LogP contribution in [0.25, 0.3) is 0 Å². The van der Waals surface area contributed by atoms with Crippen LogP contribution in [0.4, 0.5) is 13.2 Å². The van der Waals surface area contributed by atoms with Crippen molar-refractivity contribution >= 4 is 17.5 Å². The molecule has 13 heteroatoms. The number of carbonyl (C=O) groups is 2. The van der Waals surface area contributed by atoms with Gasteiger partial charge in [-0.3, -0.25) is 14.5 Å². The Labute approximate surface area is 271 Å². The summed E-state index contributed by atoms with van der Waals surface area (Å²) in [7, 11) is 4.65. The van der Waals surface area contributed by atoms with E-state index in [4.69, 9.17) is 24.0 Å². The van der Waals surface area contributed by atoms with E-state index in [0.29, 0.717) is 67.8 Å². The summed E-state index contributed by atoms with van der Waals surface area (Å²) in [5.41, 5.74) is 1.28. The molecule has 0 N–H and O–H groups in total. The van der Waals surface area contributed by atoms with Crippen molar-refractivity contribution in [2.75, 3.05) is 67.3 Å². The zero-order valence-electron chi connectivity index (χ0n) is 26.5. The monoisotopic (exact) mass is 654 g/mol. The molecule has 2 amide bonds.